The van der Waals surface area contributed by atoms with Gasteiger partial charge < -0.3 is 0 Å². The molecule has 0 bridgehead atoms. The minimum absolute atomic E-state index is 0.0507. The molecule has 0 saturated carbocycles. The Bertz CT molecular complexity index is 1730. The Morgan fingerprint density at radius 1 is 0.892 bits per heavy atom. The SMILES string of the molecule is [2H]C([2H])([2H])c1nnc(-c2cc(C(C)(C)C)c3ccccc3c2)c2sc(-c3c(C)cc(CC(C)(C)C)cc3C)nc12. The van der Waals surface area contributed by atoms with Gasteiger partial charge in [0.1, 0.15) is 16.2 Å². The quantitative estimate of drug-likeness (QED) is 0.243. The van der Waals surface area contributed by atoms with Gasteiger partial charge in [0.05, 0.1) is 10.4 Å². The third-order valence-electron chi connectivity index (χ3n) is 6.80. The fourth-order valence-electron chi connectivity index (χ4n) is 5.30. The van der Waals surface area contributed by atoms with Crippen LogP contribution in [0.3, 0.4) is 0 Å². The summed E-state index contributed by atoms with van der Waals surface area (Å²) in [4.78, 5) is 4.95. The first-order valence-corrected chi connectivity index (χ1v) is 13.7. The van der Waals surface area contributed by atoms with Gasteiger partial charge in [0.25, 0.3) is 0 Å². The number of thiazole rings is 1. The highest BCUT2D eigenvalue weighted by molar-refractivity contribution is 7.22. The number of nitrogens with zero attached hydrogens (tertiary/aromatic N) is 3. The van der Waals surface area contributed by atoms with Gasteiger partial charge in [-0.3, -0.25) is 0 Å². The highest BCUT2D eigenvalue weighted by Crippen LogP contribution is 2.41. The fraction of sp³-hybridized carbons (Fsp3) is 0.364. The molecule has 0 aliphatic rings. The van der Waals surface area contributed by atoms with Gasteiger partial charge in [0, 0.05) is 15.2 Å². The zero-order valence-corrected chi connectivity index (χ0v) is 23.9. The van der Waals surface area contributed by atoms with E-state index in [1.54, 1.807) is 0 Å². The predicted octanol–water partition coefficient (Wildman–Crippen LogP) is 9.38. The molecule has 2 aromatic heterocycles. The second kappa shape index (κ2) is 9.02. The van der Waals surface area contributed by atoms with Crippen LogP contribution in [-0.4, -0.2) is 15.2 Å². The molecule has 0 radical (unpaired) electrons. The summed E-state index contributed by atoms with van der Waals surface area (Å²) < 4.78 is 25.2. The van der Waals surface area contributed by atoms with E-state index < -0.39 is 6.85 Å². The molecule has 5 aromatic rings. The number of rotatable bonds is 3. The Kier molecular flexibility index (Phi) is 5.35. The molecule has 0 aliphatic heterocycles. The number of benzene rings is 3. The molecule has 0 atom stereocenters. The molecule has 0 fully saturated rings. The zero-order valence-electron chi connectivity index (χ0n) is 26.1. The molecular weight excluding hydrogens is 470 g/mol. The van der Waals surface area contributed by atoms with Crippen molar-refractivity contribution in [3.8, 4) is 21.8 Å². The summed E-state index contributed by atoms with van der Waals surface area (Å²) in [7, 11) is 0. The molecule has 5 rings (SSSR count). The number of aryl methyl sites for hydroxylation is 3. The first kappa shape index (κ1) is 21.9. The topological polar surface area (TPSA) is 38.7 Å². The Labute approximate surface area is 229 Å². The van der Waals surface area contributed by atoms with E-state index in [9.17, 15) is 0 Å². The average Bonchev–Trinajstić information content (AvgIpc) is 3.24. The first-order valence-electron chi connectivity index (χ1n) is 14.3. The third kappa shape index (κ3) is 4.92. The van der Waals surface area contributed by atoms with Crippen molar-refractivity contribution in [3.63, 3.8) is 0 Å². The van der Waals surface area contributed by atoms with Crippen LogP contribution in [0.25, 0.3) is 42.8 Å². The van der Waals surface area contributed by atoms with Crippen LogP contribution in [0.2, 0.25) is 0 Å². The number of aromatic nitrogens is 3. The van der Waals surface area contributed by atoms with Gasteiger partial charge in [-0.1, -0.05) is 77.9 Å². The van der Waals surface area contributed by atoms with E-state index in [2.05, 4.69) is 108 Å². The summed E-state index contributed by atoms with van der Waals surface area (Å²) in [6.45, 7) is 15.2. The van der Waals surface area contributed by atoms with Gasteiger partial charge >= 0.3 is 0 Å². The van der Waals surface area contributed by atoms with E-state index in [0.29, 0.717) is 11.2 Å². The van der Waals surface area contributed by atoms with Crippen molar-refractivity contribution in [3.05, 3.63) is 76.5 Å². The molecule has 37 heavy (non-hydrogen) atoms. The van der Waals surface area contributed by atoms with Crippen LogP contribution in [0.5, 0.6) is 0 Å². The number of hydrogen-bond acceptors (Lipinski definition) is 4. The number of fused-ring (bicyclic) bond motifs is 2. The molecular formula is C33H37N3S. The minimum Gasteiger partial charge on any atom is -0.234 e. The van der Waals surface area contributed by atoms with Crippen molar-refractivity contribution in [2.75, 3.05) is 0 Å². The molecule has 3 aromatic carbocycles. The molecule has 0 unspecified atom stereocenters. The maximum absolute atomic E-state index is 8.16. The van der Waals surface area contributed by atoms with Crippen LogP contribution in [0.1, 0.15) is 73.6 Å². The summed E-state index contributed by atoms with van der Waals surface area (Å²) in [6.07, 6.45) is 0.980. The molecule has 0 aliphatic carbocycles. The Morgan fingerprint density at radius 3 is 2.24 bits per heavy atom. The molecule has 190 valence electrons. The van der Waals surface area contributed by atoms with Crippen molar-refractivity contribution in [1.82, 2.24) is 15.2 Å². The van der Waals surface area contributed by atoms with Crippen LogP contribution in [0.15, 0.2) is 48.5 Å². The van der Waals surface area contributed by atoms with Gasteiger partial charge in [-0.15, -0.1) is 16.4 Å². The zero-order chi connectivity index (χ0) is 29.2. The fourth-order valence-corrected chi connectivity index (χ4v) is 6.55. The lowest BCUT2D eigenvalue weighted by Gasteiger charge is -2.22. The van der Waals surface area contributed by atoms with E-state index in [4.69, 9.17) is 9.10 Å². The van der Waals surface area contributed by atoms with Crippen molar-refractivity contribution < 1.29 is 4.11 Å². The van der Waals surface area contributed by atoms with Gasteiger partial charge in [-0.05, 0) is 83.1 Å². The second-order valence-electron chi connectivity index (χ2n) is 12.4. The standard InChI is InChI=1S/C33H37N3S/c1-19-14-22(18-32(4,5)6)15-20(2)27(19)31-34-28-21(3)35-36-29(30(28)37-31)24-16-23-12-10-11-13-25(23)26(17-24)33(7,8)9/h10-17H,18H2,1-9H3/i3D3. The monoisotopic (exact) mass is 510 g/mol. The number of hydrogen-bond donors (Lipinski definition) is 0. The highest BCUT2D eigenvalue weighted by atomic mass is 32.1. The summed E-state index contributed by atoms with van der Waals surface area (Å²) in [5.41, 5.74) is 7.87. The largest absolute Gasteiger partial charge is 0.234 e. The Hall–Kier alpha value is -3.11. The molecule has 2 heterocycles. The Morgan fingerprint density at radius 2 is 1.59 bits per heavy atom. The minimum atomic E-state index is -2.42. The van der Waals surface area contributed by atoms with Crippen LogP contribution >= 0.6 is 11.3 Å². The van der Waals surface area contributed by atoms with Crippen molar-refractivity contribution in [2.45, 2.75) is 74.1 Å². The molecule has 3 nitrogen and oxygen atoms in total. The first-order chi connectivity index (χ1) is 18.5. The average molecular weight is 511 g/mol. The lowest BCUT2D eigenvalue weighted by Crippen LogP contribution is -2.12. The van der Waals surface area contributed by atoms with Crippen LogP contribution in [0, 0.1) is 26.1 Å². The predicted molar refractivity (Wildman–Crippen MR) is 160 cm³/mol. The van der Waals surface area contributed by atoms with E-state index >= 15 is 0 Å². The molecule has 4 heteroatoms. The molecule has 0 amide bonds. The third-order valence-corrected chi connectivity index (χ3v) is 7.88. The van der Waals surface area contributed by atoms with Gasteiger partial charge in [0.2, 0.25) is 0 Å². The summed E-state index contributed by atoms with van der Waals surface area (Å²) in [6, 6.07) is 17.1. The van der Waals surface area contributed by atoms with Gasteiger partial charge in [-0.2, -0.15) is 5.10 Å². The lowest BCUT2D eigenvalue weighted by molar-refractivity contribution is 0.411. The van der Waals surface area contributed by atoms with E-state index in [-0.39, 0.29) is 16.5 Å². The van der Waals surface area contributed by atoms with Crippen LogP contribution < -0.4 is 0 Å². The maximum atomic E-state index is 8.16. The molecule has 0 spiro atoms. The summed E-state index contributed by atoms with van der Waals surface area (Å²) >= 11 is 1.50. The van der Waals surface area contributed by atoms with Crippen molar-refractivity contribution in [1.29, 1.82) is 0 Å². The summed E-state index contributed by atoms with van der Waals surface area (Å²) in [5, 5.41) is 11.9. The van der Waals surface area contributed by atoms with E-state index in [1.165, 1.54) is 27.8 Å². The smallest absolute Gasteiger partial charge is 0.125 e. The van der Waals surface area contributed by atoms with E-state index in [1.807, 2.05) is 6.07 Å². The van der Waals surface area contributed by atoms with Crippen molar-refractivity contribution in [2.24, 2.45) is 5.41 Å². The highest BCUT2D eigenvalue weighted by Gasteiger charge is 2.22. The van der Waals surface area contributed by atoms with Crippen LogP contribution in [-0.2, 0) is 11.8 Å². The van der Waals surface area contributed by atoms with Gasteiger partial charge in [0.15, 0.2) is 0 Å². The summed E-state index contributed by atoms with van der Waals surface area (Å²) in [5.74, 6) is 0. The normalized spacial score (nSPS) is 14.1. The lowest BCUT2D eigenvalue weighted by atomic mass is 9.82. The van der Waals surface area contributed by atoms with Gasteiger partial charge in [-0.25, -0.2) is 4.98 Å². The maximum Gasteiger partial charge on any atom is 0.125 e. The molecule has 0 saturated heterocycles. The molecule has 0 N–H and O–H groups in total. The Balaban J connectivity index is 1.77. The second-order valence-corrected chi connectivity index (χ2v) is 13.4. The van der Waals surface area contributed by atoms with Crippen LogP contribution in [0.4, 0.5) is 0 Å². The van der Waals surface area contributed by atoms with E-state index in [0.717, 1.165) is 43.8 Å². The van der Waals surface area contributed by atoms with Crippen molar-refractivity contribution >= 4 is 32.3 Å².